The van der Waals surface area contributed by atoms with E-state index in [2.05, 4.69) is 10.4 Å². The fraction of sp³-hybridized carbons (Fsp3) is 0.375. The van der Waals surface area contributed by atoms with Crippen molar-refractivity contribution in [1.82, 2.24) is 9.78 Å². The number of carbonyl (C=O) groups excluding carboxylic acids is 1. The van der Waals surface area contributed by atoms with Crippen LogP contribution in [-0.4, -0.2) is 21.7 Å². The highest BCUT2D eigenvalue weighted by Gasteiger charge is 2.28. The Kier molecular flexibility index (Phi) is 4.90. The molecular formula is C16H18Cl2N4O. The maximum Gasteiger partial charge on any atom is 0.228 e. The molecule has 3 rings (SSSR count). The highest BCUT2D eigenvalue weighted by molar-refractivity contribution is 6.42. The Labute approximate surface area is 144 Å². The summed E-state index contributed by atoms with van der Waals surface area (Å²) in [6, 6.07) is 7.36. The monoisotopic (exact) mass is 352 g/mol. The van der Waals surface area contributed by atoms with Gasteiger partial charge in [0.2, 0.25) is 5.91 Å². The minimum Gasteiger partial charge on any atom is -0.328 e. The van der Waals surface area contributed by atoms with E-state index in [0.717, 1.165) is 24.8 Å². The highest BCUT2D eigenvalue weighted by Crippen LogP contribution is 2.28. The fourth-order valence-corrected chi connectivity index (χ4v) is 3.26. The molecule has 1 aliphatic rings. The predicted octanol–water partition coefficient (Wildman–Crippen LogP) is 3.30. The lowest BCUT2D eigenvalue weighted by atomic mass is 10.1. The maximum atomic E-state index is 12.3. The third-order valence-electron chi connectivity index (χ3n) is 4.16. The molecule has 1 fully saturated rings. The molecule has 0 radical (unpaired) electrons. The van der Waals surface area contributed by atoms with Crippen molar-refractivity contribution >= 4 is 34.9 Å². The van der Waals surface area contributed by atoms with Gasteiger partial charge in [-0.25, -0.2) is 4.68 Å². The molecule has 5 nitrogen and oxygen atoms in total. The van der Waals surface area contributed by atoms with Crippen molar-refractivity contribution in [1.29, 1.82) is 0 Å². The van der Waals surface area contributed by atoms with Crippen molar-refractivity contribution in [2.75, 3.05) is 5.32 Å². The van der Waals surface area contributed by atoms with Crippen molar-refractivity contribution in [3.05, 3.63) is 46.1 Å². The SMILES string of the molecule is NC1CCC(C(=O)Nc2ccnn2Cc2cccc(Cl)c2Cl)C1. The van der Waals surface area contributed by atoms with Gasteiger partial charge in [-0.15, -0.1) is 0 Å². The van der Waals surface area contributed by atoms with E-state index in [4.69, 9.17) is 28.9 Å². The summed E-state index contributed by atoms with van der Waals surface area (Å²) in [5.74, 6) is 0.617. The highest BCUT2D eigenvalue weighted by atomic mass is 35.5. The first kappa shape index (κ1) is 16.3. The lowest BCUT2D eigenvalue weighted by Gasteiger charge is -2.13. The van der Waals surface area contributed by atoms with Crippen LogP contribution >= 0.6 is 23.2 Å². The molecule has 0 spiro atoms. The molecule has 1 heterocycles. The van der Waals surface area contributed by atoms with E-state index in [1.807, 2.05) is 12.1 Å². The number of nitrogens with one attached hydrogen (secondary N) is 1. The van der Waals surface area contributed by atoms with Gasteiger partial charge >= 0.3 is 0 Å². The Bertz CT molecular complexity index is 716. The average Bonchev–Trinajstić information content (AvgIpc) is 3.13. The van der Waals surface area contributed by atoms with Crippen molar-refractivity contribution < 1.29 is 4.79 Å². The number of carbonyl (C=O) groups is 1. The second-order valence-electron chi connectivity index (χ2n) is 5.85. The van der Waals surface area contributed by atoms with Crippen LogP contribution in [0, 0.1) is 5.92 Å². The minimum atomic E-state index is -0.0249. The molecule has 3 N–H and O–H groups in total. The van der Waals surface area contributed by atoms with Gasteiger partial charge in [-0.1, -0.05) is 35.3 Å². The summed E-state index contributed by atoms with van der Waals surface area (Å²) < 4.78 is 1.70. The van der Waals surface area contributed by atoms with Gasteiger partial charge in [-0.2, -0.15) is 5.10 Å². The van der Waals surface area contributed by atoms with Gasteiger partial charge < -0.3 is 11.1 Å². The zero-order chi connectivity index (χ0) is 16.4. The first-order valence-electron chi connectivity index (χ1n) is 7.55. The van der Waals surface area contributed by atoms with Crippen molar-refractivity contribution in [2.45, 2.75) is 31.8 Å². The number of benzene rings is 1. The Hall–Kier alpha value is -1.56. The second kappa shape index (κ2) is 6.91. The number of nitrogens with two attached hydrogens (primary N) is 1. The number of rotatable bonds is 4. The Morgan fingerprint density at radius 1 is 1.35 bits per heavy atom. The van der Waals surface area contributed by atoms with E-state index < -0.39 is 0 Å². The van der Waals surface area contributed by atoms with Gasteiger partial charge in [0.25, 0.3) is 0 Å². The van der Waals surface area contributed by atoms with E-state index in [-0.39, 0.29) is 17.9 Å². The summed E-state index contributed by atoms with van der Waals surface area (Å²) in [6.45, 7) is 0.437. The molecule has 122 valence electrons. The number of anilines is 1. The zero-order valence-electron chi connectivity index (χ0n) is 12.5. The summed E-state index contributed by atoms with van der Waals surface area (Å²) in [5.41, 5.74) is 6.72. The second-order valence-corrected chi connectivity index (χ2v) is 6.63. The molecule has 2 unspecified atom stereocenters. The lowest BCUT2D eigenvalue weighted by Crippen LogP contribution is -2.24. The van der Waals surface area contributed by atoms with Crippen LogP contribution in [0.3, 0.4) is 0 Å². The number of nitrogens with zero attached hydrogens (tertiary/aromatic N) is 2. The first-order valence-corrected chi connectivity index (χ1v) is 8.31. The molecule has 7 heteroatoms. The van der Waals surface area contributed by atoms with E-state index in [0.29, 0.717) is 22.4 Å². The van der Waals surface area contributed by atoms with Crippen LogP contribution in [0.4, 0.5) is 5.82 Å². The normalized spacial score (nSPS) is 20.7. The van der Waals surface area contributed by atoms with E-state index in [1.54, 1.807) is 23.0 Å². The van der Waals surface area contributed by atoms with E-state index >= 15 is 0 Å². The van der Waals surface area contributed by atoms with Crippen LogP contribution < -0.4 is 11.1 Å². The Morgan fingerprint density at radius 2 is 2.17 bits per heavy atom. The van der Waals surface area contributed by atoms with Crippen molar-refractivity contribution in [3.8, 4) is 0 Å². The smallest absolute Gasteiger partial charge is 0.228 e. The third kappa shape index (κ3) is 3.68. The van der Waals surface area contributed by atoms with Gasteiger partial charge in [-0.05, 0) is 30.9 Å². The molecule has 2 atom stereocenters. The van der Waals surface area contributed by atoms with Gasteiger partial charge in [0, 0.05) is 18.0 Å². The van der Waals surface area contributed by atoms with Gasteiger partial charge in [0.1, 0.15) is 5.82 Å². The maximum absolute atomic E-state index is 12.3. The van der Waals surface area contributed by atoms with Gasteiger partial charge in [0.15, 0.2) is 0 Å². The fourth-order valence-electron chi connectivity index (χ4n) is 2.88. The molecule has 1 amide bonds. The predicted molar refractivity (Wildman–Crippen MR) is 91.7 cm³/mol. The summed E-state index contributed by atoms with van der Waals surface area (Å²) >= 11 is 12.2. The van der Waals surface area contributed by atoms with Crippen LogP contribution in [0.1, 0.15) is 24.8 Å². The van der Waals surface area contributed by atoms with Crippen LogP contribution in [0.2, 0.25) is 10.0 Å². The molecular weight excluding hydrogens is 335 g/mol. The summed E-state index contributed by atoms with van der Waals surface area (Å²) in [6.07, 6.45) is 4.12. The molecule has 1 aliphatic carbocycles. The number of aromatic nitrogens is 2. The standard InChI is InChI=1S/C16H18Cl2N4O/c17-13-3-1-2-11(15(13)18)9-22-14(6-7-20-22)21-16(23)10-4-5-12(19)8-10/h1-3,6-7,10,12H,4-5,8-9,19H2,(H,21,23). The Morgan fingerprint density at radius 3 is 2.91 bits per heavy atom. The molecule has 2 aromatic rings. The quantitative estimate of drug-likeness (QED) is 0.886. The molecule has 23 heavy (non-hydrogen) atoms. The summed E-state index contributed by atoms with van der Waals surface area (Å²) in [5, 5.41) is 8.19. The average molecular weight is 353 g/mol. The number of halogens is 2. The van der Waals surface area contributed by atoms with Gasteiger partial charge in [-0.3, -0.25) is 4.79 Å². The molecule has 0 saturated heterocycles. The van der Waals surface area contributed by atoms with Gasteiger partial charge in [0.05, 0.1) is 22.8 Å². The summed E-state index contributed by atoms with van der Waals surface area (Å²) in [7, 11) is 0. The topological polar surface area (TPSA) is 72.9 Å². The number of amides is 1. The molecule has 1 aromatic carbocycles. The minimum absolute atomic E-state index is 0.00288. The van der Waals surface area contributed by atoms with Crippen molar-refractivity contribution in [2.24, 2.45) is 11.7 Å². The largest absolute Gasteiger partial charge is 0.328 e. The number of hydrogen-bond donors (Lipinski definition) is 2. The molecule has 0 bridgehead atoms. The summed E-state index contributed by atoms with van der Waals surface area (Å²) in [4.78, 5) is 12.3. The zero-order valence-corrected chi connectivity index (χ0v) is 14.0. The van der Waals surface area contributed by atoms with E-state index in [1.165, 1.54) is 0 Å². The number of hydrogen-bond acceptors (Lipinski definition) is 3. The molecule has 0 aliphatic heterocycles. The Balaban J connectivity index is 1.72. The van der Waals surface area contributed by atoms with Crippen LogP contribution in [0.15, 0.2) is 30.5 Å². The van der Waals surface area contributed by atoms with Crippen LogP contribution in [-0.2, 0) is 11.3 Å². The third-order valence-corrected chi connectivity index (χ3v) is 5.02. The van der Waals surface area contributed by atoms with E-state index in [9.17, 15) is 4.79 Å². The molecule has 1 saturated carbocycles. The van der Waals surface area contributed by atoms with Crippen LogP contribution in [0.5, 0.6) is 0 Å². The van der Waals surface area contributed by atoms with Crippen molar-refractivity contribution in [3.63, 3.8) is 0 Å². The van der Waals surface area contributed by atoms with Crippen LogP contribution in [0.25, 0.3) is 0 Å². The lowest BCUT2D eigenvalue weighted by molar-refractivity contribution is -0.119. The molecule has 1 aromatic heterocycles. The first-order chi connectivity index (χ1) is 11.0.